The standard InChI is InChI=1S/C22H34N4/c1-5-22(4)8-7-20(18(2)16-25-13-10-23-11-14-25)15-21(22)19(3)17-26-12-6-9-24-26/h5-6,9,12,20-21,23H,1-3,7-8,10-11,13-17H2,4H3/t20-,21+,22-/m1/s1. The summed E-state index contributed by atoms with van der Waals surface area (Å²) in [7, 11) is 0. The molecule has 1 aromatic rings. The molecule has 0 unspecified atom stereocenters. The van der Waals surface area contributed by atoms with E-state index in [4.69, 9.17) is 0 Å². The highest BCUT2D eigenvalue weighted by Crippen LogP contribution is 2.49. The van der Waals surface area contributed by atoms with Crippen LogP contribution in [0.25, 0.3) is 0 Å². The topological polar surface area (TPSA) is 33.1 Å². The largest absolute Gasteiger partial charge is 0.314 e. The predicted molar refractivity (Wildman–Crippen MR) is 109 cm³/mol. The Hall–Kier alpha value is -1.65. The van der Waals surface area contributed by atoms with Crippen molar-refractivity contribution in [1.82, 2.24) is 20.0 Å². The molecule has 1 saturated carbocycles. The molecule has 26 heavy (non-hydrogen) atoms. The average Bonchev–Trinajstić information content (AvgIpc) is 3.15. The molecule has 0 radical (unpaired) electrons. The lowest BCUT2D eigenvalue weighted by Crippen LogP contribution is -2.45. The molecule has 4 nitrogen and oxygen atoms in total. The molecule has 3 atom stereocenters. The Morgan fingerprint density at radius 2 is 2.04 bits per heavy atom. The zero-order valence-corrected chi connectivity index (χ0v) is 16.3. The van der Waals surface area contributed by atoms with Crippen LogP contribution in [0.4, 0.5) is 0 Å². The van der Waals surface area contributed by atoms with Gasteiger partial charge in [0.1, 0.15) is 0 Å². The molecule has 3 rings (SSSR count). The van der Waals surface area contributed by atoms with Gasteiger partial charge in [0.2, 0.25) is 0 Å². The summed E-state index contributed by atoms with van der Waals surface area (Å²) in [6, 6.07) is 1.97. The van der Waals surface area contributed by atoms with Gasteiger partial charge in [-0.25, -0.2) is 0 Å². The summed E-state index contributed by atoms with van der Waals surface area (Å²) >= 11 is 0. The van der Waals surface area contributed by atoms with Gasteiger partial charge in [-0.2, -0.15) is 5.10 Å². The van der Waals surface area contributed by atoms with Gasteiger partial charge in [0, 0.05) is 45.1 Å². The molecule has 1 saturated heterocycles. The van der Waals surface area contributed by atoms with Crippen LogP contribution in [0.2, 0.25) is 0 Å². The molecular weight excluding hydrogens is 320 g/mol. The first-order valence-electron chi connectivity index (χ1n) is 9.91. The van der Waals surface area contributed by atoms with Crippen LogP contribution in [0.15, 0.2) is 55.4 Å². The summed E-state index contributed by atoms with van der Waals surface area (Å²) in [5, 5.41) is 7.78. The Morgan fingerprint density at radius 1 is 1.27 bits per heavy atom. The molecule has 1 aliphatic heterocycles. The second-order valence-corrected chi connectivity index (χ2v) is 8.28. The van der Waals surface area contributed by atoms with Gasteiger partial charge in [0.15, 0.2) is 0 Å². The van der Waals surface area contributed by atoms with Crippen molar-refractivity contribution in [2.75, 3.05) is 32.7 Å². The zero-order valence-electron chi connectivity index (χ0n) is 16.3. The van der Waals surface area contributed by atoms with E-state index in [2.05, 4.69) is 48.1 Å². The molecule has 0 aromatic carbocycles. The van der Waals surface area contributed by atoms with Gasteiger partial charge >= 0.3 is 0 Å². The molecule has 1 N–H and O–H groups in total. The third-order valence-electron chi connectivity index (χ3n) is 6.44. The summed E-state index contributed by atoms with van der Waals surface area (Å²) in [4.78, 5) is 2.54. The number of nitrogens with one attached hydrogen (secondary N) is 1. The summed E-state index contributed by atoms with van der Waals surface area (Å²) in [6.07, 6.45) is 9.50. The minimum absolute atomic E-state index is 0.121. The molecule has 1 aromatic heterocycles. The number of hydrogen-bond acceptors (Lipinski definition) is 3. The van der Waals surface area contributed by atoms with E-state index in [1.165, 1.54) is 17.6 Å². The fraction of sp³-hybridized carbons (Fsp3) is 0.591. The monoisotopic (exact) mass is 354 g/mol. The van der Waals surface area contributed by atoms with E-state index in [1.807, 2.05) is 23.1 Å². The lowest BCUT2D eigenvalue weighted by Gasteiger charge is -2.45. The number of hydrogen-bond donors (Lipinski definition) is 1. The van der Waals surface area contributed by atoms with Crippen LogP contribution in [-0.2, 0) is 6.54 Å². The predicted octanol–water partition coefficient (Wildman–Crippen LogP) is 3.51. The Morgan fingerprint density at radius 3 is 2.69 bits per heavy atom. The normalized spacial score (nSPS) is 30.0. The minimum Gasteiger partial charge on any atom is -0.314 e. The maximum absolute atomic E-state index is 4.48. The van der Waals surface area contributed by atoms with Crippen LogP contribution in [0.5, 0.6) is 0 Å². The lowest BCUT2D eigenvalue weighted by atomic mass is 9.61. The SMILES string of the molecule is C=C[C@]1(C)CC[C@@H](C(=C)CN2CCNCC2)C[C@H]1C(=C)Cn1cccn1. The van der Waals surface area contributed by atoms with Gasteiger partial charge in [-0.05, 0) is 42.6 Å². The van der Waals surface area contributed by atoms with E-state index >= 15 is 0 Å². The first kappa shape index (κ1) is 19.1. The van der Waals surface area contributed by atoms with Gasteiger partial charge in [-0.15, -0.1) is 6.58 Å². The van der Waals surface area contributed by atoms with Gasteiger partial charge < -0.3 is 5.32 Å². The minimum atomic E-state index is 0.121. The molecule has 2 fully saturated rings. The smallest absolute Gasteiger partial charge is 0.0619 e. The van der Waals surface area contributed by atoms with E-state index in [-0.39, 0.29) is 5.41 Å². The van der Waals surface area contributed by atoms with Gasteiger partial charge in [-0.1, -0.05) is 37.3 Å². The lowest BCUT2D eigenvalue weighted by molar-refractivity contribution is 0.157. The highest BCUT2D eigenvalue weighted by molar-refractivity contribution is 5.18. The highest BCUT2D eigenvalue weighted by atomic mass is 15.3. The molecular formula is C22H34N4. The maximum Gasteiger partial charge on any atom is 0.0619 e. The average molecular weight is 355 g/mol. The van der Waals surface area contributed by atoms with E-state index in [0.29, 0.717) is 11.8 Å². The Balaban J connectivity index is 1.65. The zero-order chi connectivity index (χ0) is 18.6. The first-order valence-corrected chi connectivity index (χ1v) is 9.91. The van der Waals surface area contributed by atoms with E-state index in [9.17, 15) is 0 Å². The highest BCUT2D eigenvalue weighted by Gasteiger charge is 2.40. The van der Waals surface area contributed by atoms with E-state index in [0.717, 1.165) is 52.1 Å². The summed E-state index contributed by atoms with van der Waals surface area (Å²) in [5.74, 6) is 1.01. The van der Waals surface area contributed by atoms with Crippen molar-refractivity contribution in [2.24, 2.45) is 17.3 Å². The van der Waals surface area contributed by atoms with Crippen molar-refractivity contribution in [2.45, 2.75) is 32.7 Å². The van der Waals surface area contributed by atoms with Crippen LogP contribution in [-0.4, -0.2) is 47.4 Å². The Bertz CT molecular complexity index is 627. The molecule has 0 bridgehead atoms. The van der Waals surface area contributed by atoms with Crippen LogP contribution in [0.3, 0.4) is 0 Å². The third kappa shape index (κ3) is 4.36. The molecule has 142 valence electrons. The second kappa shape index (κ2) is 8.36. The van der Waals surface area contributed by atoms with Crippen molar-refractivity contribution in [3.63, 3.8) is 0 Å². The maximum atomic E-state index is 4.48. The molecule has 4 heteroatoms. The molecule has 0 spiro atoms. The van der Waals surface area contributed by atoms with Crippen LogP contribution in [0.1, 0.15) is 26.2 Å². The first-order chi connectivity index (χ1) is 12.5. The van der Waals surface area contributed by atoms with Crippen molar-refractivity contribution < 1.29 is 0 Å². The van der Waals surface area contributed by atoms with Gasteiger partial charge in [0.05, 0.1) is 6.54 Å². The number of piperazine rings is 1. The summed E-state index contributed by atoms with van der Waals surface area (Å²) in [5.41, 5.74) is 2.78. The number of allylic oxidation sites excluding steroid dienone is 2. The molecule has 2 heterocycles. The van der Waals surface area contributed by atoms with Crippen LogP contribution >= 0.6 is 0 Å². The number of nitrogens with zero attached hydrogens (tertiary/aromatic N) is 3. The van der Waals surface area contributed by atoms with Crippen molar-refractivity contribution in [3.8, 4) is 0 Å². The summed E-state index contributed by atoms with van der Waals surface area (Å²) < 4.78 is 1.98. The number of rotatable bonds is 7. The quantitative estimate of drug-likeness (QED) is 0.761. The van der Waals surface area contributed by atoms with Gasteiger partial charge in [-0.3, -0.25) is 9.58 Å². The Kier molecular flexibility index (Phi) is 6.15. The van der Waals surface area contributed by atoms with E-state index in [1.54, 1.807) is 0 Å². The second-order valence-electron chi connectivity index (χ2n) is 8.28. The van der Waals surface area contributed by atoms with Crippen molar-refractivity contribution in [3.05, 3.63) is 55.4 Å². The fourth-order valence-corrected chi connectivity index (χ4v) is 4.58. The third-order valence-corrected chi connectivity index (χ3v) is 6.44. The fourth-order valence-electron chi connectivity index (χ4n) is 4.58. The van der Waals surface area contributed by atoms with Crippen LogP contribution in [0, 0.1) is 17.3 Å². The molecule has 0 amide bonds. The summed E-state index contributed by atoms with van der Waals surface area (Å²) in [6.45, 7) is 21.7. The number of aromatic nitrogens is 2. The van der Waals surface area contributed by atoms with Crippen molar-refractivity contribution >= 4 is 0 Å². The Labute approximate surface area is 158 Å². The van der Waals surface area contributed by atoms with Gasteiger partial charge in [0.25, 0.3) is 0 Å². The molecule has 2 aliphatic rings. The van der Waals surface area contributed by atoms with Crippen molar-refractivity contribution in [1.29, 1.82) is 0 Å². The molecule has 1 aliphatic carbocycles. The van der Waals surface area contributed by atoms with Crippen LogP contribution < -0.4 is 5.32 Å². The van der Waals surface area contributed by atoms with E-state index < -0.39 is 0 Å².